The van der Waals surface area contributed by atoms with E-state index in [1.165, 1.54) is 15.9 Å². The second-order valence-electron chi connectivity index (χ2n) is 7.22. The lowest BCUT2D eigenvalue weighted by atomic mass is 9.96. The molecule has 0 saturated carbocycles. The van der Waals surface area contributed by atoms with Crippen LogP contribution < -0.4 is 19.6 Å². The fourth-order valence-electron chi connectivity index (χ4n) is 3.60. The predicted molar refractivity (Wildman–Crippen MR) is 131 cm³/mol. The number of nitrogens with zero attached hydrogens (tertiary/aromatic N) is 2. The van der Waals surface area contributed by atoms with E-state index in [2.05, 4.69) is 0 Å². The Hall–Kier alpha value is -2.87. The van der Waals surface area contributed by atoms with Crippen molar-refractivity contribution >= 4 is 52.3 Å². The maximum atomic E-state index is 13.3. The van der Waals surface area contributed by atoms with Gasteiger partial charge in [-0.1, -0.05) is 52.7 Å². The first-order valence-corrected chi connectivity index (χ1v) is 11.7. The van der Waals surface area contributed by atoms with Gasteiger partial charge in [0.2, 0.25) is 0 Å². The molecule has 2 heterocycles. The maximum absolute atomic E-state index is 13.3. The number of aromatic nitrogens is 1. The minimum Gasteiger partial charge on any atom is -0.497 e. The second kappa shape index (κ2) is 9.55. The van der Waals surface area contributed by atoms with Gasteiger partial charge in [0.05, 0.1) is 23.8 Å². The van der Waals surface area contributed by atoms with Gasteiger partial charge in [-0.25, -0.2) is 9.79 Å². The van der Waals surface area contributed by atoms with Gasteiger partial charge in [0.1, 0.15) is 11.8 Å². The lowest BCUT2D eigenvalue weighted by Gasteiger charge is -2.22. The van der Waals surface area contributed by atoms with Crippen molar-refractivity contribution in [3.8, 4) is 5.75 Å². The lowest BCUT2D eigenvalue weighted by Crippen LogP contribution is -2.35. The van der Waals surface area contributed by atoms with Gasteiger partial charge >= 0.3 is 5.97 Å². The first kappa shape index (κ1) is 23.3. The molecular weight excluding hydrogens is 483 g/mol. The Bertz CT molecular complexity index is 1440. The van der Waals surface area contributed by atoms with Crippen LogP contribution >= 0.6 is 34.5 Å². The number of fused-ring (bicyclic) bond motifs is 1. The van der Waals surface area contributed by atoms with Gasteiger partial charge in [-0.2, -0.15) is 0 Å². The van der Waals surface area contributed by atoms with Crippen LogP contribution in [0.3, 0.4) is 0 Å². The number of allylic oxidation sites excluding steroid dienone is 1. The van der Waals surface area contributed by atoms with Gasteiger partial charge in [-0.05, 0) is 55.3 Å². The summed E-state index contributed by atoms with van der Waals surface area (Å²) in [4.78, 5) is 31.4. The van der Waals surface area contributed by atoms with Crippen molar-refractivity contribution in [1.29, 1.82) is 0 Å². The summed E-state index contributed by atoms with van der Waals surface area (Å²) < 4.78 is 12.4. The average Bonchev–Trinajstić information content (AvgIpc) is 3.11. The minimum atomic E-state index is -0.611. The molecule has 1 aromatic heterocycles. The van der Waals surface area contributed by atoms with Crippen LogP contribution in [0.1, 0.15) is 31.0 Å². The number of carbonyl (C=O) groups excluding carboxylic acids is 1. The van der Waals surface area contributed by atoms with Gasteiger partial charge in [-0.3, -0.25) is 9.36 Å². The number of esters is 1. The zero-order valence-corrected chi connectivity index (χ0v) is 20.4. The number of methoxy groups -OCH3 is 1. The molecule has 0 amide bonds. The molecule has 2 aromatic carbocycles. The molecule has 1 aliphatic heterocycles. The Morgan fingerprint density at radius 3 is 2.58 bits per heavy atom. The van der Waals surface area contributed by atoms with Gasteiger partial charge in [-0.15, -0.1) is 0 Å². The molecule has 4 rings (SSSR count). The van der Waals surface area contributed by atoms with Crippen molar-refractivity contribution in [1.82, 2.24) is 4.57 Å². The standard InChI is InChI=1S/C24H20Cl2N2O4S/c1-4-32-23(30)20-13(2)28-22(29)19(11-15-5-8-16(25)12-18(15)26)33-24(28)27-21(20)14-6-9-17(31-3)10-7-14/h5-12,21H,4H2,1-3H3/b19-11-/t21-/m0/s1. The van der Waals surface area contributed by atoms with Crippen LogP contribution in [0.15, 0.2) is 57.8 Å². The van der Waals surface area contributed by atoms with Crippen molar-refractivity contribution in [2.24, 2.45) is 4.99 Å². The predicted octanol–water partition coefficient (Wildman–Crippen LogP) is 4.22. The molecule has 0 unspecified atom stereocenters. The third-order valence-electron chi connectivity index (χ3n) is 5.22. The summed E-state index contributed by atoms with van der Waals surface area (Å²) in [5.41, 5.74) is 1.98. The summed E-state index contributed by atoms with van der Waals surface area (Å²) in [5, 5.41) is 0.945. The average molecular weight is 503 g/mol. The first-order valence-electron chi connectivity index (χ1n) is 10.1. The largest absolute Gasteiger partial charge is 0.497 e. The number of carbonyl (C=O) groups is 1. The zero-order valence-electron chi connectivity index (χ0n) is 18.1. The molecule has 6 nitrogen and oxygen atoms in total. The number of ether oxygens (including phenoxy) is 2. The first-order chi connectivity index (χ1) is 15.8. The molecule has 0 spiro atoms. The van der Waals surface area contributed by atoms with E-state index in [1.54, 1.807) is 57.4 Å². The number of thiazole rings is 1. The highest BCUT2D eigenvalue weighted by Gasteiger charge is 2.31. The molecule has 170 valence electrons. The Kier molecular flexibility index (Phi) is 6.74. The summed E-state index contributed by atoms with van der Waals surface area (Å²) in [7, 11) is 1.59. The van der Waals surface area contributed by atoms with Crippen LogP contribution in [0.2, 0.25) is 10.0 Å². The van der Waals surface area contributed by atoms with Crippen molar-refractivity contribution in [3.63, 3.8) is 0 Å². The molecule has 0 saturated heterocycles. The SMILES string of the molecule is CCOC(=O)C1=C(C)n2c(s/c(=C\c3ccc(Cl)cc3Cl)c2=O)=N[C@H]1c1ccc(OC)cc1. The summed E-state index contributed by atoms with van der Waals surface area (Å²) in [6, 6.07) is 11.8. The van der Waals surface area contributed by atoms with Crippen LogP contribution in [0.5, 0.6) is 5.75 Å². The Morgan fingerprint density at radius 2 is 1.94 bits per heavy atom. The Labute approximate surface area is 204 Å². The second-order valence-corrected chi connectivity index (χ2v) is 9.08. The molecular formula is C24H20Cl2N2O4S. The summed E-state index contributed by atoms with van der Waals surface area (Å²) in [5.74, 6) is 0.187. The van der Waals surface area contributed by atoms with Gasteiger partial charge < -0.3 is 9.47 Å². The van der Waals surface area contributed by atoms with E-state index in [0.29, 0.717) is 42.0 Å². The van der Waals surface area contributed by atoms with Crippen molar-refractivity contribution in [2.45, 2.75) is 19.9 Å². The summed E-state index contributed by atoms with van der Waals surface area (Å²) in [6.45, 7) is 3.68. The third-order valence-corrected chi connectivity index (χ3v) is 6.77. The number of hydrogen-bond acceptors (Lipinski definition) is 6. The summed E-state index contributed by atoms with van der Waals surface area (Å²) >= 11 is 13.5. The lowest BCUT2D eigenvalue weighted by molar-refractivity contribution is -0.138. The van der Waals surface area contributed by atoms with E-state index >= 15 is 0 Å². The van der Waals surface area contributed by atoms with E-state index in [-0.39, 0.29) is 12.2 Å². The molecule has 1 atom stereocenters. The highest BCUT2D eigenvalue weighted by molar-refractivity contribution is 7.07. The van der Waals surface area contributed by atoms with Crippen LogP contribution in [-0.4, -0.2) is 24.3 Å². The number of hydrogen-bond donors (Lipinski definition) is 0. The molecule has 0 radical (unpaired) electrons. The zero-order chi connectivity index (χ0) is 23.7. The number of benzene rings is 2. The minimum absolute atomic E-state index is 0.213. The molecule has 9 heteroatoms. The molecule has 1 aliphatic rings. The molecule has 0 fully saturated rings. The molecule has 0 N–H and O–H groups in total. The van der Waals surface area contributed by atoms with Gasteiger partial charge in [0.15, 0.2) is 4.80 Å². The van der Waals surface area contributed by atoms with Crippen LogP contribution in [0, 0.1) is 0 Å². The summed E-state index contributed by atoms with van der Waals surface area (Å²) in [6.07, 6.45) is 1.70. The van der Waals surface area contributed by atoms with Crippen LogP contribution in [0.25, 0.3) is 11.8 Å². The molecule has 0 bridgehead atoms. The van der Waals surface area contributed by atoms with E-state index in [1.807, 2.05) is 12.1 Å². The smallest absolute Gasteiger partial charge is 0.338 e. The van der Waals surface area contributed by atoms with Gasteiger partial charge in [0, 0.05) is 15.7 Å². The van der Waals surface area contributed by atoms with E-state index < -0.39 is 12.0 Å². The number of rotatable bonds is 5. The fourth-order valence-corrected chi connectivity index (χ4v) is 5.10. The van der Waals surface area contributed by atoms with Crippen LogP contribution in [0.4, 0.5) is 0 Å². The number of halogens is 2. The monoisotopic (exact) mass is 502 g/mol. The van der Waals surface area contributed by atoms with E-state index in [4.69, 9.17) is 37.7 Å². The van der Waals surface area contributed by atoms with Crippen LogP contribution in [-0.2, 0) is 9.53 Å². The highest BCUT2D eigenvalue weighted by Crippen LogP contribution is 2.33. The quantitative estimate of drug-likeness (QED) is 0.489. The maximum Gasteiger partial charge on any atom is 0.338 e. The van der Waals surface area contributed by atoms with Crippen molar-refractivity contribution in [3.05, 3.63) is 88.9 Å². The van der Waals surface area contributed by atoms with Crippen molar-refractivity contribution < 1.29 is 14.3 Å². The molecule has 33 heavy (non-hydrogen) atoms. The highest BCUT2D eigenvalue weighted by atomic mass is 35.5. The third kappa shape index (κ3) is 4.49. The Morgan fingerprint density at radius 1 is 1.21 bits per heavy atom. The van der Waals surface area contributed by atoms with E-state index in [9.17, 15) is 9.59 Å². The fraction of sp³-hybridized carbons (Fsp3) is 0.208. The molecule has 0 aliphatic carbocycles. The molecule has 3 aromatic rings. The normalized spacial score (nSPS) is 15.8. The van der Waals surface area contributed by atoms with E-state index in [0.717, 1.165) is 5.56 Å². The topological polar surface area (TPSA) is 69.9 Å². The van der Waals surface area contributed by atoms with Gasteiger partial charge in [0.25, 0.3) is 5.56 Å². The van der Waals surface area contributed by atoms with Crippen molar-refractivity contribution in [2.75, 3.05) is 13.7 Å². The Balaban J connectivity index is 1.93.